The molecule has 2 aromatic heterocycles. The van der Waals surface area contributed by atoms with Crippen molar-refractivity contribution in [3.05, 3.63) is 47.7 Å². The first-order valence-electron chi connectivity index (χ1n) is 18.3. The molecule has 5 heterocycles. The molecule has 0 bridgehead atoms. The molecule has 4 fully saturated rings. The molecule has 1 saturated carbocycles. The van der Waals surface area contributed by atoms with Crippen molar-refractivity contribution in [2.45, 2.75) is 64.3 Å². The third-order valence-electron chi connectivity index (χ3n) is 11.8. The molecule has 9 nitrogen and oxygen atoms in total. The third-order valence-corrected chi connectivity index (χ3v) is 11.8. The summed E-state index contributed by atoms with van der Waals surface area (Å²) < 4.78 is 49.9. The van der Waals surface area contributed by atoms with E-state index in [0.717, 1.165) is 77.7 Å². The fourth-order valence-electron chi connectivity index (χ4n) is 9.15. The molecule has 2 atom stereocenters. The summed E-state index contributed by atoms with van der Waals surface area (Å²) in [5, 5.41) is 11.8. The molecule has 1 N–H and O–H groups in total. The Hall–Kier alpha value is -4.11. The number of rotatable bonds is 7. The number of aromatic nitrogens is 3. The second-order valence-corrected chi connectivity index (χ2v) is 15.2. The molecule has 0 amide bonds. The largest absolute Gasteiger partial charge is 0.508 e. The van der Waals surface area contributed by atoms with E-state index in [-0.39, 0.29) is 44.9 Å². The van der Waals surface area contributed by atoms with Crippen LogP contribution in [0.3, 0.4) is 0 Å². The monoisotopic (exact) mass is 697 g/mol. The highest BCUT2D eigenvalue weighted by molar-refractivity contribution is 6.03. The predicted octanol–water partition coefficient (Wildman–Crippen LogP) is 6.87. The number of halogens is 2. The minimum Gasteiger partial charge on any atom is -0.508 e. The van der Waals surface area contributed by atoms with Crippen LogP contribution in [-0.2, 0) is 9.47 Å². The topological polar surface area (TPSA) is 93.1 Å². The van der Waals surface area contributed by atoms with Crippen molar-refractivity contribution in [2.24, 2.45) is 10.8 Å². The summed E-state index contributed by atoms with van der Waals surface area (Å²) in [7, 11) is 0. The van der Waals surface area contributed by atoms with Gasteiger partial charge >= 0.3 is 6.01 Å². The Bertz CT molecular complexity index is 1990. The van der Waals surface area contributed by atoms with Crippen LogP contribution in [0.1, 0.15) is 63.9 Å². The van der Waals surface area contributed by atoms with Crippen LogP contribution in [0.2, 0.25) is 0 Å². The van der Waals surface area contributed by atoms with Crippen molar-refractivity contribution in [1.82, 2.24) is 19.9 Å². The highest BCUT2D eigenvalue weighted by Crippen LogP contribution is 2.49. The normalized spacial score (nSPS) is 24.0. The van der Waals surface area contributed by atoms with E-state index >= 15 is 4.39 Å². The molecule has 51 heavy (non-hydrogen) atoms. The molecule has 3 aliphatic heterocycles. The Morgan fingerprint density at radius 1 is 1.00 bits per heavy atom. The summed E-state index contributed by atoms with van der Waals surface area (Å²) in [6, 6.07) is 6.10. The fraction of sp³-hybridized carbons (Fsp3) is 0.525. The van der Waals surface area contributed by atoms with Crippen molar-refractivity contribution in [3.63, 3.8) is 0 Å². The first-order valence-corrected chi connectivity index (χ1v) is 18.3. The second kappa shape index (κ2) is 13.8. The van der Waals surface area contributed by atoms with E-state index in [9.17, 15) is 9.50 Å². The van der Waals surface area contributed by atoms with Crippen LogP contribution in [0.5, 0.6) is 11.8 Å². The smallest absolute Gasteiger partial charge is 0.319 e. The van der Waals surface area contributed by atoms with Gasteiger partial charge in [0.15, 0.2) is 5.82 Å². The summed E-state index contributed by atoms with van der Waals surface area (Å²) in [6.45, 7) is 9.03. The number of piperidine rings is 1. The number of fused-ring (bicyclic) bond motifs is 3. The SMILES string of the molecule is C#Cc1c(F)ccc2cc(O)cc(-c3ncc4c(N5CCCOCC5)nc(OC[C@]56CCC[C@H]5N(CC5(C)CCOCC5)CCC6)nc4c3F)c12. The zero-order chi connectivity index (χ0) is 35.2. The summed E-state index contributed by atoms with van der Waals surface area (Å²) in [5.41, 5.74) is 0.300. The second-order valence-electron chi connectivity index (χ2n) is 15.2. The number of benzene rings is 2. The number of phenols is 1. The van der Waals surface area contributed by atoms with Crippen LogP contribution in [0.15, 0.2) is 30.5 Å². The van der Waals surface area contributed by atoms with E-state index in [1.54, 1.807) is 6.20 Å². The van der Waals surface area contributed by atoms with Gasteiger partial charge < -0.3 is 24.2 Å². The quantitative estimate of drug-likeness (QED) is 0.208. The molecule has 11 heteroatoms. The van der Waals surface area contributed by atoms with Gasteiger partial charge in [0.1, 0.15) is 28.6 Å². The average molecular weight is 698 g/mol. The van der Waals surface area contributed by atoms with Crippen LogP contribution in [0.25, 0.3) is 32.9 Å². The molecular weight excluding hydrogens is 652 g/mol. The Morgan fingerprint density at radius 3 is 2.67 bits per heavy atom. The molecule has 0 spiro atoms. The van der Waals surface area contributed by atoms with E-state index in [0.29, 0.717) is 60.9 Å². The van der Waals surface area contributed by atoms with Gasteiger partial charge in [-0.05, 0) is 80.5 Å². The van der Waals surface area contributed by atoms with Gasteiger partial charge in [0, 0.05) is 68.1 Å². The Morgan fingerprint density at radius 2 is 1.82 bits per heavy atom. The van der Waals surface area contributed by atoms with Crippen molar-refractivity contribution in [1.29, 1.82) is 0 Å². The van der Waals surface area contributed by atoms with Gasteiger partial charge in [-0.3, -0.25) is 9.88 Å². The van der Waals surface area contributed by atoms with Crippen LogP contribution >= 0.6 is 0 Å². The molecule has 4 aliphatic rings. The minimum absolute atomic E-state index is 0.0292. The number of likely N-dealkylation sites (tertiary alicyclic amines) is 1. The van der Waals surface area contributed by atoms with Crippen LogP contribution in [-0.4, -0.2) is 90.2 Å². The summed E-state index contributed by atoms with van der Waals surface area (Å²) in [6.07, 6.45) is 15.7. The number of pyridine rings is 1. The van der Waals surface area contributed by atoms with E-state index in [1.807, 2.05) is 0 Å². The number of terminal acetylenes is 1. The van der Waals surface area contributed by atoms with Gasteiger partial charge in [-0.25, -0.2) is 8.78 Å². The van der Waals surface area contributed by atoms with Gasteiger partial charge in [0.2, 0.25) is 0 Å². The molecule has 8 rings (SSSR count). The molecule has 2 aromatic carbocycles. The lowest BCUT2D eigenvalue weighted by Gasteiger charge is -2.49. The fourth-order valence-corrected chi connectivity index (χ4v) is 9.15. The molecule has 0 unspecified atom stereocenters. The lowest BCUT2D eigenvalue weighted by molar-refractivity contribution is -0.0453. The number of ether oxygens (including phenoxy) is 3. The zero-order valence-electron chi connectivity index (χ0n) is 29.2. The van der Waals surface area contributed by atoms with E-state index in [2.05, 4.69) is 27.6 Å². The number of aromatic hydroxyl groups is 1. The number of phenolic OH excluding ortho intramolecular Hbond substituents is 1. The molecule has 268 valence electrons. The van der Waals surface area contributed by atoms with Crippen LogP contribution in [0.4, 0.5) is 14.6 Å². The van der Waals surface area contributed by atoms with Crippen LogP contribution in [0, 0.1) is 34.8 Å². The number of hydrogen-bond acceptors (Lipinski definition) is 9. The lowest BCUT2D eigenvalue weighted by Crippen LogP contribution is -2.55. The molecule has 0 radical (unpaired) electrons. The van der Waals surface area contributed by atoms with Gasteiger partial charge in [-0.2, -0.15) is 9.97 Å². The number of nitrogens with zero attached hydrogens (tertiary/aromatic N) is 5. The lowest BCUT2D eigenvalue weighted by atomic mass is 9.73. The zero-order valence-corrected chi connectivity index (χ0v) is 29.2. The number of hydrogen-bond donors (Lipinski definition) is 1. The molecule has 4 aromatic rings. The van der Waals surface area contributed by atoms with Gasteiger partial charge in [-0.15, -0.1) is 6.42 Å². The molecule has 1 aliphatic carbocycles. The maximum Gasteiger partial charge on any atom is 0.319 e. The molecule has 3 saturated heterocycles. The van der Waals surface area contributed by atoms with Crippen LogP contribution < -0.4 is 9.64 Å². The maximum atomic E-state index is 17.0. The van der Waals surface area contributed by atoms with E-state index < -0.39 is 11.6 Å². The van der Waals surface area contributed by atoms with Crippen molar-refractivity contribution >= 4 is 27.5 Å². The molecular formula is C40H45F2N5O4. The number of anilines is 1. The average Bonchev–Trinajstić information content (AvgIpc) is 3.38. The van der Waals surface area contributed by atoms with Gasteiger partial charge in [0.05, 0.1) is 24.2 Å². The summed E-state index contributed by atoms with van der Waals surface area (Å²) in [4.78, 5) is 19.0. The standard InChI is InChI=1S/C40H45F2N5O4/c1-3-28-31(41)9-8-26-21-27(48)22-29(33(26)28)35-34(42)36-30(23-43-35)37(46-15-6-17-49-20-16-46)45-38(44-36)51-25-40-10-4-7-32(40)47(14-5-11-40)24-39(2)12-18-50-19-13-39/h1,8-9,21-23,32,48H,4-7,10-20,24-25H2,2H3/t32-,40-/m1/s1. The highest BCUT2D eigenvalue weighted by atomic mass is 19.1. The van der Waals surface area contributed by atoms with E-state index in [1.165, 1.54) is 24.3 Å². The summed E-state index contributed by atoms with van der Waals surface area (Å²) >= 11 is 0. The summed E-state index contributed by atoms with van der Waals surface area (Å²) in [5.74, 6) is 1.48. The van der Waals surface area contributed by atoms with Gasteiger partial charge in [-0.1, -0.05) is 25.3 Å². The first kappa shape index (κ1) is 34.0. The predicted molar refractivity (Wildman–Crippen MR) is 192 cm³/mol. The van der Waals surface area contributed by atoms with Crippen molar-refractivity contribution in [3.8, 4) is 35.4 Å². The Labute approximate surface area is 297 Å². The van der Waals surface area contributed by atoms with Crippen molar-refractivity contribution in [2.75, 3.05) is 64.1 Å². The van der Waals surface area contributed by atoms with Crippen molar-refractivity contribution < 1.29 is 28.1 Å². The Balaban J connectivity index is 1.18. The van der Waals surface area contributed by atoms with Gasteiger partial charge in [0.25, 0.3) is 0 Å². The minimum atomic E-state index is -0.725. The highest BCUT2D eigenvalue weighted by Gasteiger charge is 2.49. The maximum absolute atomic E-state index is 17.0. The Kier molecular flexibility index (Phi) is 9.19. The van der Waals surface area contributed by atoms with E-state index in [4.69, 9.17) is 30.6 Å². The third kappa shape index (κ3) is 6.36. The first-order chi connectivity index (χ1) is 24.8.